The quantitative estimate of drug-likeness (QED) is 0.404. The highest BCUT2D eigenvalue weighted by atomic mass is 16.1. The van der Waals surface area contributed by atoms with Gasteiger partial charge in [0.05, 0.1) is 16.7 Å². The number of hydrogen-bond donors (Lipinski definition) is 0. The van der Waals surface area contributed by atoms with E-state index < -0.39 is 0 Å². The van der Waals surface area contributed by atoms with E-state index in [1.54, 1.807) is 10.8 Å². The molecule has 0 aliphatic rings. The number of para-hydroxylation sites is 1. The Hall–Kier alpha value is -3.46. The van der Waals surface area contributed by atoms with Crippen LogP contribution in [-0.4, -0.2) is 9.55 Å². The first-order valence-corrected chi connectivity index (χ1v) is 8.63. The van der Waals surface area contributed by atoms with Crippen LogP contribution >= 0.6 is 0 Å². The smallest absolute Gasteiger partial charge is 0.263 e. The topological polar surface area (TPSA) is 34.9 Å². The van der Waals surface area contributed by atoms with Crippen LogP contribution in [0, 0.1) is 6.92 Å². The number of aryl methyl sites for hydroxylation is 1. The number of benzene rings is 3. The number of rotatable bonds is 1. The molecule has 0 fully saturated rings. The maximum Gasteiger partial charge on any atom is 0.263 e. The van der Waals surface area contributed by atoms with E-state index in [0.717, 1.165) is 43.8 Å². The molecule has 0 amide bonds. The van der Waals surface area contributed by atoms with Gasteiger partial charge in [-0.15, -0.1) is 0 Å². The number of aromatic nitrogens is 2. The summed E-state index contributed by atoms with van der Waals surface area (Å²) in [6, 6.07) is 23.8. The van der Waals surface area contributed by atoms with Crippen molar-refractivity contribution in [2.24, 2.45) is 0 Å². The van der Waals surface area contributed by atoms with E-state index in [1.807, 2.05) is 66.7 Å². The lowest BCUT2D eigenvalue weighted by Crippen LogP contribution is -2.20. The van der Waals surface area contributed by atoms with E-state index in [9.17, 15) is 4.79 Å². The second-order valence-corrected chi connectivity index (χ2v) is 6.51. The van der Waals surface area contributed by atoms with E-state index in [0.29, 0.717) is 0 Å². The van der Waals surface area contributed by atoms with Crippen molar-refractivity contribution in [3.63, 3.8) is 0 Å². The van der Waals surface area contributed by atoms with Gasteiger partial charge >= 0.3 is 0 Å². The zero-order valence-corrected chi connectivity index (χ0v) is 14.3. The molecule has 5 rings (SSSR count). The van der Waals surface area contributed by atoms with Crippen LogP contribution in [0.2, 0.25) is 0 Å². The molecule has 0 N–H and O–H groups in total. The van der Waals surface area contributed by atoms with Crippen LogP contribution in [0.3, 0.4) is 0 Å². The van der Waals surface area contributed by atoms with Crippen LogP contribution in [0.15, 0.2) is 83.8 Å². The molecule has 3 heteroatoms. The minimum atomic E-state index is -0.0168. The van der Waals surface area contributed by atoms with Crippen LogP contribution < -0.4 is 5.56 Å². The fourth-order valence-electron chi connectivity index (χ4n) is 3.81. The maximum absolute atomic E-state index is 13.4. The van der Waals surface area contributed by atoms with Gasteiger partial charge in [0.25, 0.3) is 5.56 Å². The molecule has 2 heterocycles. The number of nitrogens with zero attached hydrogens (tertiary/aromatic N) is 2. The lowest BCUT2D eigenvalue weighted by molar-refractivity contribution is 1.06. The Labute approximate surface area is 150 Å². The highest BCUT2D eigenvalue weighted by Gasteiger charge is 2.15. The SMILES string of the molecule is Cc1cccc2c1c1ccccc1c(=O)n2-c1cccc2cccnc12. The van der Waals surface area contributed by atoms with Crippen LogP contribution in [0.4, 0.5) is 0 Å². The number of pyridine rings is 2. The van der Waals surface area contributed by atoms with Gasteiger partial charge in [0.15, 0.2) is 0 Å². The average molecular weight is 336 g/mol. The molecular formula is C23H16N2O. The molecule has 0 aliphatic heterocycles. The van der Waals surface area contributed by atoms with E-state index in [1.165, 1.54) is 0 Å². The summed E-state index contributed by atoms with van der Waals surface area (Å²) in [7, 11) is 0. The van der Waals surface area contributed by atoms with E-state index in [4.69, 9.17) is 0 Å². The van der Waals surface area contributed by atoms with Crippen LogP contribution in [0.5, 0.6) is 0 Å². The Balaban J connectivity index is 2.08. The van der Waals surface area contributed by atoms with Gasteiger partial charge in [0.2, 0.25) is 0 Å². The van der Waals surface area contributed by atoms with Crippen molar-refractivity contribution in [2.75, 3.05) is 0 Å². The maximum atomic E-state index is 13.4. The largest absolute Gasteiger partial charge is 0.274 e. The fraction of sp³-hybridized carbons (Fsp3) is 0.0435. The first-order chi connectivity index (χ1) is 12.8. The highest BCUT2D eigenvalue weighted by molar-refractivity contribution is 6.08. The molecule has 0 radical (unpaired) electrons. The third-order valence-corrected chi connectivity index (χ3v) is 4.97. The molecule has 0 unspecified atom stereocenters. The van der Waals surface area contributed by atoms with Gasteiger partial charge in [-0.25, -0.2) is 0 Å². The van der Waals surface area contributed by atoms with Crippen molar-refractivity contribution < 1.29 is 0 Å². The lowest BCUT2D eigenvalue weighted by Gasteiger charge is -2.16. The average Bonchev–Trinajstić information content (AvgIpc) is 2.68. The molecule has 124 valence electrons. The first-order valence-electron chi connectivity index (χ1n) is 8.63. The van der Waals surface area contributed by atoms with Crippen molar-refractivity contribution in [2.45, 2.75) is 6.92 Å². The van der Waals surface area contributed by atoms with Crippen LogP contribution in [0.25, 0.3) is 38.3 Å². The van der Waals surface area contributed by atoms with Crippen LogP contribution in [-0.2, 0) is 0 Å². The van der Waals surface area contributed by atoms with Gasteiger partial charge in [-0.05, 0) is 42.1 Å². The molecule has 0 saturated heterocycles. The third-order valence-electron chi connectivity index (χ3n) is 4.97. The summed E-state index contributed by atoms with van der Waals surface area (Å²) in [5.74, 6) is 0. The van der Waals surface area contributed by atoms with Crippen molar-refractivity contribution in [3.05, 3.63) is 94.9 Å². The first kappa shape index (κ1) is 14.8. The molecule has 0 saturated carbocycles. The minimum absolute atomic E-state index is 0.0168. The van der Waals surface area contributed by atoms with Gasteiger partial charge in [0.1, 0.15) is 0 Å². The fourth-order valence-corrected chi connectivity index (χ4v) is 3.81. The molecule has 3 nitrogen and oxygen atoms in total. The zero-order chi connectivity index (χ0) is 17.7. The summed E-state index contributed by atoms with van der Waals surface area (Å²) >= 11 is 0. The summed E-state index contributed by atoms with van der Waals surface area (Å²) < 4.78 is 1.81. The molecule has 0 bridgehead atoms. The van der Waals surface area contributed by atoms with Gasteiger partial charge in [-0.1, -0.05) is 48.5 Å². The van der Waals surface area contributed by atoms with Crippen LogP contribution in [0.1, 0.15) is 5.56 Å². The molecule has 0 aliphatic carbocycles. The third kappa shape index (κ3) is 2.01. The van der Waals surface area contributed by atoms with Crippen molar-refractivity contribution in [1.29, 1.82) is 0 Å². The van der Waals surface area contributed by atoms with E-state index in [-0.39, 0.29) is 5.56 Å². The van der Waals surface area contributed by atoms with Gasteiger partial charge in [-0.3, -0.25) is 14.3 Å². The Morgan fingerprint density at radius 1 is 0.808 bits per heavy atom. The van der Waals surface area contributed by atoms with Gasteiger partial charge < -0.3 is 0 Å². The Bertz CT molecular complexity index is 1360. The summed E-state index contributed by atoms with van der Waals surface area (Å²) in [5.41, 5.74) is 3.69. The summed E-state index contributed by atoms with van der Waals surface area (Å²) in [4.78, 5) is 18.0. The molecule has 2 aromatic heterocycles. The summed E-state index contributed by atoms with van der Waals surface area (Å²) in [6.07, 6.45) is 1.77. The predicted molar refractivity (Wildman–Crippen MR) is 107 cm³/mol. The van der Waals surface area contributed by atoms with E-state index >= 15 is 0 Å². The van der Waals surface area contributed by atoms with E-state index in [2.05, 4.69) is 18.0 Å². The van der Waals surface area contributed by atoms with Gasteiger partial charge in [-0.2, -0.15) is 0 Å². The van der Waals surface area contributed by atoms with Crippen molar-refractivity contribution in [3.8, 4) is 5.69 Å². The normalized spacial score (nSPS) is 11.4. The molecule has 0 atom stereocenters. The molecule has 5 aromatic rings. The highest BCUT2D eigenvalue weighted by Crippen LogP contribution is 2.29. The number of fused-ring (bicyclic) bond motifs is 4. The zero-order valence-electron chi connectivity index (χ0n) is 14.3. The second kappa shape index (κ2) is 5.53. The standard InChI is InChI=1S/C23H16N2O/c1-15-7-4-12-19-21(15)17-10-2-3-11-18(17)23(26)25(19)20-13-5-8-16-9-6-14-24-22(16)20/h2-14H,1H3. The Morgan fingerprint density at radius 3 is 2.46 bits per heavy atom. The number of hydrogen-bond acceptors (Lipinski definition) is 2. The molecular weight excluding hydrogens is 320 g/mol. The second-order valence-electron chi connectivity index (χ2n) is 6.51. The molecule has 0 spiro atoms. The van der Waals surface area contributed by atoms with Crippen molar-refractivity contribution in [1.82, 2.24) is 9.55 Å². The molecule has 26 heavy (non-hydrogen) atoms. The monoisotopic (exact) mass is 336 g/mol. The predicted octanol–water partition coefficient (Wildman–Crippen LogP) is 5.00. The van der Waals surface area contributed by atoms with Gasteiger partial charge in [0, 0.05) is 22.4 Å². The lowest BCUT2D eigenvalue weighted by atomic mass is 10.0. The van der Waals surface area contributed by atoms with Crippen molar-refractivity contribution >= 4 is 32.6 Å². The molecule has 3 aromatic carbocycles. The Kier molecular flexibility index (Phi) is 3.16. The minimum Gasteiger partial charge on any atom is -0.274 e. The summed E-state index contributed by atoms with van der Waals surface area (Å²) in [5, 5.41) is 3.85. The Morgan fingerprint density at radius 2 is 1.58 bits per heavy atom. The summed E-state index contributed by atoms with van der Waals surface area (Å²) in [6.45, 7) is 2.09.